The van der Waals surface area contributed by atoms with Crippen molar-refractivity contribution in [3.8, 4) is 0 Å². The molecule has 0 aromatic heterocycles. The number of rotatable bonds is 5. The summed E-state index contributed by atoms with van der Waals surface area (Å²) in [5.74, 6) is 0.0810. The molecule has 1 aromatic rings. The summed E-state index contributed by atoms with van der Waals surface area (Å²) in [7, 11) is 0. The van der Waals surface area contributed by atoms with Crippen molar-refractivity contribution in [2.45, 2.75) is 52.2 Å². The van der Waals surface area contributed by atoms with Crippen LogP contribution in [-0.4, -0.2) is 49.4 Å². The third-order valence-corrected chi connectivity index (χ3v) is 4.50. The zero-order chi connectivity index (χ0) is 20.5. The fourth-order valence-electron chi connectivity index (χ4n) is 3.36. The second-order valence-electron chi connectivity index (χ2n) is 8.03. The van der Waals surface area contributed by atoms with E-state index in [0.29, 0.717) is 25.2 Å². The van der Waals surface area contributed by atoms with Gasteiger partial charge in [0.2, 0.25) is 5.91 Å². The molecule has 0 bridgehead atoms. The Morgan fingerprint density at radius 3 is 2.75 bits per heavy atom. The lowest BCUT2D eigenvalue weighted by atomic mass is 10.1. The van der Waals surface area contributed by atoms with Gasteiger partial charge in [0.1, 0.15) is 11.7 Å². The number of carbonyl (C=O) groups excluding carboxylic acids is 3. The van der Waals surface area contributed by atoms with E-state index in [2.05, 4.69) is 5.32 Å². The summed E-state index contributed by atoms with van der Waals surface area (Å²) >= 11 is 0. The zero-order valence-corrected chi connectivity index (χ0v) is 16.8. The lowest BCUT2D eigenvalue weighted by Gasteiger charge is -2.20. The second kappa shape index (κ2) is 7.69. The number of nitrogens with one attached hydrogen (secondary N) is 1. The molecule has 0 radical (unpaired) electrons. The Kier molecular flexibility index (Phi) is 5.49. The quantitative estimate of drug-likeness (QED) is 0.837. The maximum Gasteiger partial charge on any atom is 0.414 e. The van der Waals surface area contributed by atoms with E-state index in [1.807, 2.05) is 25.1 Å². The molecule has 28 heavy (non-hydrogen) atoms. The molecular formula is C20H27N3O5. The van der Waals surface area contributed by atoms with Gasteiger partial charge in [0, 0.05) is 17.9 Å². The number of cyclic esters (lactones) is 1. The Bertz CT molecular complexity index is 787. The van der Waals surface area contributed by atoms with Crippen molar-refractivity contribution in [3.05, 3.63) is 23.8 Å². The normalized spacial score (nSPS) is 18.9. The predicted molar refractivity (Wildman–Crippen MR) is 105 cm³/mol. The van der Waals surface area contributed by atoms with Crippen molar-refractivity contribution in [1.82, 2.24) is 5.32 Å². The first-order valence-corrected chi connectivity index (χ1v) is 9.56. The molecule has 2 aliphatic rings. The van der Waals surface area contributed by atoms with E-state index in [4.69, 9.17) is 9.47 Å². The Labute approximate surface area is 164 Å². The SMILES string of the molecule is CCCN1C(=O)Cc2cc(N3CC(CNC(=O)OC(C)(C)C)OC3=O)ccc21. The summed E-state index contributed by atoms with van der Waals surface area (Å²) in [6.07, 6.45) is -0.251. The molecule has 1 N–H and O–H groups in total. The van der Waals surface area contributed by atoms with Crippen LogP contribution in [0.25, 0.3) is 0 Å². The molecule has 8 nitrogen and oxygen atoms in total. The average Bonchev–Trinajstić information content (AvgIpc) is 3.11. The monoisotopic (exact) mass is 389 g/mol. The Balaban J connectivity index is 1.63. The number of carbonyl (C=O) groups is 3. The number of alkyl carbamates (subject to hydrolysis) is 1. The van der Waals surface area contributed by atoms with Crippen LogP contribution >= 0.6 is 0 Å². The molecule has 2 heterocycles. The first kappa shape index (κ1) is 20.0. The zero-order valence-electron chi connectivity index (χ0n) is 16.8. The van der Waals surface area contributed by atoms with Crippen LogP contribution in [-0.2, 0) is 20.7 Å². The number of fused-ring (bicyclic) bond motifs is 1. The lowest BCUT2D eigenvalue weighted by molar-refractivity contribution is -0.117. The molecule has 1 unspecified atom stereocenters. The molecule has 1 aromatic carbocycles. The topological polar surface area (TPSA) is 88.2 Å². The van der Waals surface area contributed by atoms with Crippen LogP contribution in [0, 0.1) is 0 Å². The standard InChI is InChI=1S/C20H27N3O5/c1-5-8-22-16-7-6-14(9-13(16)10-17(22)24)23-12-15(27-19(23)26)11-21-18(25)28-20(2,3)4/h6-7,9,15H,5,8,10-12H2,1-4H3,(H,21,25). The van der Waals surface area contributed by atoms with Crippen LogP contribution in [0.4, 0.5) is 21.0 Å². The van der Waals surface area contributed by atoms with E-state index in [1.54, 1.807) is 25.7 Å². The number of amides is 3. The molecule has 0 aliphatic carbocycles. The highest BCUT2D eigenvalue weighted by molar-refractivity contribution is 6.02. The molecule has 8 heteroatoms. The largest absolute Gasteiger partial charge is 0.444 e. The highest BCUT2D eigenvalue weighted by Gasteiger charge is 2.34. The highest BCUT2D eigenvalue weighted by Crippen LogP contribution is 2.33. The summed E-state index contributed by atoms with van der Waals surface area (Å²) < 4.78 is 10.5. The summed E-state index contributed by atoms with van der Waals surface area (Å²) in [6, 6.07) is 5.57. The molecule has 3 rings (SSSR count). The minimum atomic E-state index is -0.587. The van der Waals surface area contributed by atoms with Gasteiger partial charge in [-0.15, -0.1) is 0 Å². The van der Waals surface area contributed by atoms with E-state index in [1.165, 1.54) is 4.90 Å². The van der Waals surface area contributed by atoms with Gasteiger partial charge in [0.15, 0.2) is 0 Å². The number of hydrogen-bond acceptors (Lipinski definition) is 5. The molecule has 2 aliphatic heterocycles. The first-order valence-electron chi connectivity index (χ1n) is 9.56. The van der Waals surface area contributed by atoms with Crippen molar-refractivity contribution >= 4 is 29.5 Å². The van der Waals surface area contributed by atoms with E-state index in [9.17, 15) is 14.4 Å². The highest BCUT2D eigenvalue weighted by atomic mass is 16.6. The van der Waals surface area contributed by atoms with E-state index >= 15 is 0 Å². The summed E-state index contributed by atoms with van der Waals surface area (Å²) in [4.78, 5) is 39.5. The molecule has 0 saturated carbocycles. The van der Waals surface area contributed by atoms with Crippen molar-refractivity contribution in [2.24, 2.45) is 0 Å². The van der Waals surface area contributed by atoms with E-state index < -0.39 is 23.9 Å². The fourth-order valence-corrected chi connectivity index (χ4v) is 3.36. The molecule has 3 amide bonds. The van der Waals surface area contributed by atoms with Gasteiger partial charge in [0.05, 0.1) is 19.5 Å². The maximum absolute atomic E-state index is 12.3. The molecule has 1 fully saturated rings. The van der Waals surface area contributed by atoms with Gasteiger partial charge in [0.25, 0.3) is 0 Å². The predicted octanol–water partition coefficient (Wildman–Crippen LogP) is 2.84. The number of ether oxygens (including phenoxy) is 2. The smallest absolute Gasteiger partial charge is 0.414 e. The van der Waals surface area contributed by atoms with E-state index in [-0.39, 0.29) is 12.5 Å². The first-order chi connectivity index (χ1) is 13.2. The Morgan fingerprint density at radius 1 is 1.32 bits per heavy atom. The average molecular weight is 389 g/mol. The number of nitrogens with zero attached hydrogens (tertiary/aromatic N) is 2. The van der Waals surface area contributed by atoms with Crippen molar-refractivity contribution in [2.75, 3.05) is 29.4 Å². The number of benzene rings is 1. The molecule has 1 saturated heterocycles. The lowest BCUT2D eigenvalue weighted by Crippen LogP contribution is -2.38. The van der Waals surface area contributed by atoms with Gasteiger partial charge in [-0.1, -0.05) is 6.92 Å². The minimum Gasteiger partial charge on any atom is -0.444 e. The van der Waals surface area contributed by atoms with Crippen molar-refractivity contribution < 1.29 is 23.9 Å². The summed E-state index contributed by atoms with van der Waals surface area (Å²) in [5.41, 5.74) is 1.93. The van der Waals surface area contributed by atoms with Gasteiger partial charge in [-0.05, 0) is 51.0 Å². The van der Waals surface area contributed by atoms with Crippen LogP contribution < -0.4 is 15.1 Å². The molecule has 0 spiro atoms. The van der Waals surface area contributed by atoms with Crippen molar-refractivity contribution in [3.63, 3.8) is 0 Å². The van der Waals surface area contributed by atoms with Gasteiger partial charge in [-0.25, -0.2) is 9.59 Å². The van der Waals surface area contributed by atoms with E-state index in [0.717, 1.165) is 17.7 Å². The molecule has 152 valence electrons. The third kappa shape index (κ3) is 4.37. The van der Waals surface area contributed by atoms with Crippen LogP contribution in [0.15, 0.2) is 18.2 Å². The number of anilines is 2. The molecular weight excluding hydrogens is 362 g/mol. The van der Waals surface area contributed by atoms with Gasteiger partial charge in [-0.3, -0.25) is 9.69 Å². The summed E-state index contributed by atoms with van der Waals surface area (Å²) in [6.45, 7) is 8.56. The second-order valence-corrected chi connectivity index (χ2v) is 8.03. The minimum absolute atomic E-state index is 0.0810. The van der Waals surface area contributed by atoms with Crippen LogP contribution in [0.1, 0.15) is 39.7 Å². The van der Waals surface area contributed by atoms with Crippen LogP contribution in [0.3, 0.4) is 0 Å². The van der Waals surface area contributed by atoms with Gasteiger partial charge >= 0.3 is 12.2 Å². The van der Waals surface area contributed by atoms with Crippen LogP contribution in [0.5, 0.6) is 0 Å². The number of hydrogen-bond donors (Lipinski definition) is 1. The summed E-state index contributed by atoms with van der Waals surface area (Å²) in [5, 5.41) is 2.62. The van der Waals surface area contributed by atoms with Gasteiger partial charge < -0.3 is 19.7 Å². The molecule has 1 atom stereocenters. The third-order valence-electron chi connectivity index (χ3n) is 4.50. The van der Waals surface area contributed by atoms with Gasteiger partial charge in [-0.2, -0.15) is 0 Å². The Hall–Kier alpha value is -2.77. The Morgan fingerprint density at radius 2 is 2.07 bits per heavy atom. The maximum atomic E-state index is 12.3. The van der Waals surface area contributed by atoms with Crippen molar-refractivity contribution in [1.29, 1.82) is 0 Å². The fraction of sp³-hybridized carbons (Fsp3) is 0.550. The van der Waals surface area contributed by atoms with Crippen LogP contribution in [0.2, 0.25) is 0 Å².